The number of primary amides is 1. The molecule has 0 radical (unpaired) electrons. The molecule has 1 aliphatic carbocycles. The van der Waals surface area contributed by atoms with E-state index in [-0.39, 0.29) is 23.2 Å². The number of nitro groups is 1. The molecule has 0 saturated heterocycles. The highest BCUT2D eigenvalue weighted by Gasteiger charge is 2.31. The fourth-order valence-corrected chi connectivity index (χ4v) is 2.20. The zero-order valence-corrected chi connectivity index (χ0v) is 11.0. The van der Waals surface area contributed by atoms with Crippen LogP contribution in [0.4, 0.5) is 5.69 Å². The number of hydrogen-bond acceptors (Lipinski definition) is 6. The molecule has 1 amide bonds. The Labute approximate surface area is 115 Å². The highest BCUT2D eigenvalue weighted by molar-refractivity contribution is 5.95. The van der Waals surface area contributed by atoms with Gasteiger partial charge in [-0.3, -0.25) is 14.9 Å². The summed E-state index contributed by atoms with van der Waals surface area (Å²) >= 11 is 0. The van der Waals surface area contributed by atoms with Crippen molar-refractivity contribution in [1.82, 2.24) is 10.3 Å². The van der Waals surface area contributed by atoms with Gasteiger partial charge in [-0.05, 0) is 32.4 Å². The molecule has 2 rings (SSSR count). The molecule has 108 valence electrons. The van der Waals surface area contributed by atoms with Gasteiger partial charge in [-0.15, -0.1) is 0 Å². The van der Waals surface area contributed by atoms with Crippen LogP contribution in [0, 0.1) is 16.0 Å². The van der Waals surface area contributed by atoms with Gasteiger partial charge < -0.3 is 15.8 Å². The van der Waals surface area contributed by atoms with Crippen LogP contribution in [0.15, 0.2) is 12.3 Å². The Morgan fingerprint density at radius 2 is 2.35 bits per heavy atom. The Hall–Kier alpha value is -2.22. The van der Waals surface area contributed by atoms with E-state index >= 15 is 0 Å². The summed E-state index contributed by atoms with van der Waals surface area (Å²) < 4.78 is 5.59. The Morgan fingerprint density at radius 1 is 1.65 bits per heavy atom. The molecule has 0 bridgehead atoms. The summed E-state index contributed by atoms with van der Waals surface area (Å²) in [7, 11) is 1.89. The van der Waals surface area contributed by atoms with Crippen LogP contribution in [0.25, 0.3) is 0 Å². The van der Waals surface area contributed by atoms with Crippen LogP contribution >= 0.6 is 0 Å². The summed E-state index contributed by atoms with van der Waals surface area (Å²) in [5.74, 6) is -0.182. The predicted molar refractivity (Wildman–Crippen MR) is 70.5 cm³/mol. The standard InChI is InChI=1S/C12H16N4O4/c1-14-5-7-2-9(3-7)20-12-10(11(13)17)4-8(6-15-12)16(18)19/h4,6-7,9,14H,2-3,5H2,1H3,(H2,13,17). The van der Waals surface area contributed by atoms with Gasteiger partial charge in [0.2, 0.25) is 5.88 Å². The number of nitrogens with zero attached hydrogens (tertiary/aromatic N) is 2. The SMILES string of the molecule is CNCC1CC(Oc2ncc([N+](=O)[O-])cc2C(N)=O)C1. The molecule has 1 saturated carbocycles. The van der Waals surface area contributed by atoms with Crippen LogP contribution in [0.3, 0.4) is 0 Å². The Kier molecular flexibility index (Phi) is 4.14. The molecule has 1 heterocycles. The van der Waals surface area contributed by atoms with Crippen molar-refractivity contribution in [2.24, 2.45) is 11.7 Å². The maximum Gasteiger partial charge on any atom is 0.288 e. The third kappa shape index (κ3) is 3.02. The molecule has 8 nitrogen and oxygen atoms in total. The molecule has 1 aromatic rings. The second-order valence-electron chi connectivity index (χ2n) is 4.80. The lowest BCUT2D eigenvalue weighted by Gasteiger charge is -2.35. The molecule has 0 unspecified atom stereocenters. The van der Waals surface area contributed by atoms with Gasteiger partial charge in [-0.1, -0.05) is 0 Å². The van der Waals surface area contributed by atoms with Crippen molar-refractivity contribution >= 4 is 11.6 Å². The number of pyridine rings is 1. The van der Waals surface area contributed by atoms with Crippen molar-refractivity contribution < 1.29 is 14.5 Å². The number of rotatable bonds is 6. The second kappa shape index (κ2) is 5.83. The first-order valence-electron chi connectivity index (χ1n) is 6.26. The number of ether oxygens (including phenoxy) is 1. The van der Waals surface area contributed by atoms with Crippen molar-refractivity contribution in [1.29, 1.82) is 0 Å². The molecular weight excluding hydrogens is 264 g/mol. The number of amides is 1. The quantitative estimate of drug-likeness (QED) is 0.577. The number of nitrogens with two attached hydrogens (primary N) is 1. The third-order valence-corrected chi connectivity index (χ3v) is 3.28. The number of aromatic nitrogens is 1. The minimum atomic E-state index is -0.790. The van der Waals surface area contributed by atoms with E-state index < -0.39 is 10.8 Å². The first kappa shape index (κ1) is 14.2. The van der Waals surface area contributed by atoms with Crippen molar-refractivity contribution in [3.63, 3.8) is 0 Å². The van der Waals surface area contributed by atoms with E-state index in [0.717, 1.165) is 31.6 Å². The molecule has 0 aromatic carbocycles. The summed E-state index contributed by atoms with van der Waals surface area (Å²) in [5, 5.41) is 13.7. The Balaban J connectivity index is 2.08. The van der Waals surface area contributed by atoms with Crippen molar-refractivity contribution in [3.05, 3.63) is 27.9 Å². The van der Waals surface area contributed by atoms with Crippen molar-refractivity contribution in [2.75, 3.05) is 13.6 Å². The molecule has 0 spiro atoms. The number of nitrogens with one attached hydrogen (secondary N) is 1. The average Bonchev–Trinajstić information content (AvgIpc) is 2.36. The highest BCUT2D eigenvalue weighted by atomic mass is 16.6. The van der Waals surface area contributed by atoms with Crippen molar-refractivity contribution in [3.8, 4) is 5.88 Å². The third-order valence-electron chi connectivity index (χ3n) is 3.28. The molecule has 1 aromatic heterocycles. The second-order valence-corrected chi connectivity index (χ2v) is 4.80. The van der Waals surface area contributed by atoms with Crippen LogP contribution in [0.2, 0.25) is 0 Å². The van der Waals surface area contributed by atoms with Crippen LogP contribution in [0.5, 0.6) is 5.88 Å². The average molecular weight is 280 g/mol. The van der Waals surface area contributed by atoms with Crippen LogP contribution < -0.4 is 15.8 Å². The van der Waals surface area contributed by atoms with Crippen molar-refractivity contribution in [2.45, 2.75) is 18.9 Å². The van der Waals surface area contributed by atoms with Gasteiger partial charge in [0.05, 0.1) is 4.92 Å². The molecular formula is C12H16N4O4. The van der Waals surface area contributed by atoms with Gasteiger partial charge in [0.25, 0.3) is 11.6 Å². The summed E-state index contributed by atoms with van der Waals surface area (Å²) in [6.07, 6.45) is 2.75. The van der Waals surface area contributed by atoms with Crippen LogP contribution in [0.1, 0.15) is 23.2 Å². The zero-order chi connectivity index (χ0) is 14.7. The van der Waals surface area contributed by atoms with E-state index in [1.54, 1.807) is 0 Å². The summed E-state index contributed by atoms with van der Waals surface area (Å²) in [5.41, 5.74) is 4.86. The lowest BCUT2D eigenvalue weighted by atomic mass is 9.82. The number of carbonyl (C=O) groups excluding carboxylic acids is 1. The minimum absolute atomic E-state index is 0.0274. The Morgan fingerprint density at radius 3 is 2.90 bits per heavy atom. The highest BCUT2D eigenvalue weighted by Crippen LogP contribution is 2.32. The number of hydrogen-bond donors (Lipinski definition) is 2. The maximum absolute atomic E-state index is 11.3. The van der Waals surface area contributed by atoms with Crippen LogP contribution in [-0.4, -0.2) is 35.5 Å². The molecule has 1 fully saturated rings. The van der Waals surface area contributed by atoms with E-state index in [9.17, 15) is 14.9 Å². The smallest absolute Gasteiger partial charge is 0.288 e. The fourth-order valence-electron chi connectivity index (χ4n) is 2.20. The van der Waals surface area contributed by atoms with E-state index in [4.69, 9.17) is 10.5 Å². The van der Waals surface area contributed by atoms with Gasteiger partial charge in [0, 0.05) is 6.07 Å². The summed E-state index contributed by atoms with van der Waals surface area (Å²) in [6, 6.07) is 1.09. The van der Waals surface area contributed by atoms with E-state index in [0.29, 0.717) is 5.92 Å². The summed E-state index contributed by atoms with van der Waals surface area (Å²) in [6.45, 7) is 0.913. The predicted octanol–water partition coefficient (Wildman–Crippen LogP) is 0.465. The van der Waals surface area contributed by atoms with E-state index in [1.807, 2.05) is 7.05 Å². The normalized spacial score (nSPS) is 21.1. The lowest BCUT2D eigenvalue weighted by molar-refractivity contribution is -0.385. The first-order valence-corrected chi connectivity index (χ1v) is 6.26. The molecule has 1 aliphatic rings. The van der Waals surface area contributed by atoms with E-state index in [2.05, 4.69) is 10.3 Å². The lowest BCUT2D eigenvalue weighted by Crippen LogP contribution is -2.39. The summed E-state index contributed by atoms with van der Waals surface area (Å²) in [4.78, 5) is 25.2. The van der Waals surface area contributed by atoms with Gasteiger partial charge >= 0.3 is 0 Å². The molecule has 3 N–H and O–H groups in total. The van der Waals surface area contributed by atoms with Crippen LogP contribution in [-0.2, 0) is 0 Å². The Bertz CT molecular complexity index is 528. The fraction of sp³-hybridized carbons (Fsp3) is 0.500. The largest absolute Gasteiger partial charge is 0.474 e. The molecule has 0 aliphatic heterocycles. The topological polar surface area (TPSA) is 120 Å². The number of carbonyl (C=O) groups is 1. The monoisotopic (exact) mass is 280 g/mol. The zero-order valence-electron chi connectivity index (χ0n) is 11.0. The maximum atomic E-state index is 11.3. The van der Waals surface area contributed by atoms with E-state index in [1.165, 1.54) is 0 Å². The van der Waals surface area contributed by atoms with Gasteiger partial charge in [-0.25, -0.2) is 4.98 Å². The molecule has 20 heavy (non-hydrogen) atoms. The van der Waals surface area contributed by atoms with Gasteiger partial charge in [0.1, 0.15) is 17.9 Å². The molecule has 8 heteroatoms. The molecule has 0 atom stereocenters. The van der Waals surface area contributed by atoms with Gasteiger partial charge in [-0.2, -0.15) is 0 Å². The first-order chi connectivity index (χ1) is 9.51. The minimum Gasteiger partial charge on any atom is -0.474 e. The van der Waals surface area contributed by atoms with Gasteiger partial charge in [0.15, 0.2) is 0 Å².